The Morgan fingerprint density at radius 1 is 1.04 bits per heavy atom. The normalized spacial score (nSPS) is 15.9. The summed E-state index contributed by atoms with van der Waals surface area (Å²) in [6, 6.07) is 9.82. The van der Waals surface area contributed by atoms with Crippen LogP contribution < -0.4 is 10.0 Å². The molecule has 0 spiro atoms. The molecule has 1 aromatic carbocycles. The van der Waals surface area contributed by atoms with Crippen LogP contribution in [0.3, 0.4) is 0 Å². The molecule has 0 atom stereocenters. The van der Waals surface area contributed by atoms with E-state index in [-0.39, 0.29) is 17.3 Å². The Morgan fingerprint density at radius 2 is 1.75 bits per heavy atom. The van der Waals surface area contributed by atoms with E-state index in [1.807, 2.05) is 17.5 Å². The van der Waals surface area contributed by atoms with Gasteiger partial charge in [0.2, 0.25) is 10.0 Å². The van der Waals surface area contributed by atoms with Gasteiger partial charge in [0, 0.05) is 30.1 Å². The van der Waals surface area contributed by atoms with Gasteiger partial charge in [-0.15, -0.1) is 11.3 Å². The number of sulfonamides is 1. The lowest BCUT2D eigenvalue weighted by Crippen LogP contribution is -2.35. The second-order valence-corrected chi connectivity index (χ2v) is 9.74. The molecule has 2 heterocycles. The average molecular weight is 422 g/mol. The van der Waals surface area contributed by atoms with Crippen molar-refractivity contribution in [3.63, 3.8) is 0 Å². The first-order chi connectivity index (χ1) is 13.5. The lowest BCUT2D eigenvalue weighted by Gasteiger charge is -2.19. The molecule has 1 saturated heterocycles. The van der Waals surface area contributed by atoms with Crippen LogP contribution in [0.2, 0.25) is 0 Å². The Hall–Kier alpha value is -1.74. The number of hydrogen-bond acceptors (Lipinski definition) is 5. The molecule has 1 aliphatic heterocycles. The van der Waals surface area contributed by atoms with Crippen molar-refractivity contribution in [1.82, 2.24) is 14.9 Å². The minimum absolute atomic E-state index is 0.158. The van der Waals surface area contributed by atoms with Crippen molar-refractivity contribution in [3.8, 4) is 0 Å². The van der Waals surface area contributed by atoms with E-state index in [4.69, 9.17) is 0 Å². The van der Waals surface area contributed by atoms with Crippen LogP contribution in [-0.2, 0) is 16.6 Å². The number of nitrogens with zero attached hydrogens (tertiary/aromatic N) is 1. The Morgan fingerprint density at radius 3 is 2.39 bits per heavy atom. The molecule has 6 nitrogen and oxygen atoms in total. The second kappa shape index (κ2) is 10.2. The highest BCUT2D eigenvalue weighted by atomic mass is 32.2. The number of rotatable bonds is 8. The molecule has 1 fully saturated rings. The van der Waals surface area contributed by atoms with Gasteiger partial charge in [-0.2, -0.15) is 0 Å². The summed E-state index contributed by atoms with van der Waals surface area (Å²) in [5, 5.41) is 4.83. The molecule has 3 rings (SSSR count). The van der Waals surface area contributed by atoms with E-state index < -0.39 is 10.0 Å². The molecule has 28 heavy (non-hydrogen) atoms. The zero-order valence-corrected chi connectivity index (χ0v) is 17.5. The highest BCUT2D eigenvalue weighted by molar-refractivity contribution is 7.89. The number of carbonyl (C=O) groups is 1. The van der Waals surface area contributed by atoms with Gasteiger partial charge in [-0.25, -0.2) is 13.1 Å². The molecule has 1 aromatic heterocycles. The highest BCUT2D eigenvalue weighted by Crippen LogP contribution is 2.13. The molecule has 1 aliphatic rings. The monoisotopic (exact) mass is 421 g/mol. The Labute approximate surface area is 171 Å². The maximum atomic E-state index is 12.4. The number of carbonyl (C=O) groups excluding carboxylic acids is 1. The van der Waals surface area contributed by atoms with Crippen LogP contribution in [0.25, 0.3) is 0 Å². The van der Waals surface area contributed by atoms with Crippen LogP contribution in [0.5, 0.6) is 0 Å². The van der Waals surface area contributed by atoms with Crippen molar-refractivity contribution in [2.24, 2.45) is 0 Å². The van der Waals surface area contributed by atoms with Crippen LogP contribution in [0.1, 0.15) is 40.9 Å². The molecular weight excluding hydrogens is 394 g/mol. The van der Waals surface area contributed by atoms with Gasteiger partial charge < -0.3 is 10.2 Å². The first-order valence-electron chi connectivity index (χ1n) is 9.67. The summed E-state index contributed by atoms with van der Waals surface area (Å²) in [7, 11) is -3.60. The van der Waals surface area contributed by atoms with Crippen molar-refractivity contribution in [2.75, 3.05) is 26.2 Å². The summed E-state index contributed by atoms with van der Waals surface area (Å²) in [5.41, 5.74) is 0.466. The van der Waals surface area contributed by atoms with Gasteiger partial charge in [-0.05, 0) is 61.6 Å². The second-order valence-electron chi connectivity index (χ2n) is 6.94. The zero-order chi connectivity index (χ0) is 19.8. The third-order valence-corrected chi connectivity index (χ3v) is 7.15. The fraction of sp³-hybridized carbons (Fsp3) is 0.450. The van der Waals surface area contributed by atoms with E-state index in [0.29, 0.717) is 12.1 Å². The third-order valence-electron chi connectivity index (χ3n) is 4.86. The van der Waals surface area contributed by atoms with Crippen LogP contribution in [-0.4, -0.2) is 45.4 Å². The van der Waals surface area contributed by atoms with Crippen LogP contribution in [0.4, 0.5) is 0 Å². The molecule has 0 radical (unpaired) electrons. The van der Waals surface area contributed by atoms with Gasteiger partial charge in [-0.1, -0.05) is 18.9 Å². The van der Waals surface area contributed by atoms with E-state index in [0.717, 1.165) is 24.5 Å². The van der Waals surface area contributed by atoms with Gasteiger partial charge in [0.25, 0.3) is 5.91 Å². The van der Waals surface area contributed by atoms with E-state index in [1.165, 1.54) is 49.2 Å². The smallest absolute Gasteiger partial charge is 0.251 e. The SMILES string of the molecule is O=C(NCCN1CCCCCC1)c1ccc(S(=O)(=O)NCc2cccs2)cc1. The molecule has 2 N–H and O–H groups in total. The molecule has 0 saturated carbocycles. The van der Waals surface area contributed by atoms with Crippen LogP contribution in [0, 0.1) is 0 Å². The minimum atomic E-state index is -3.60. The van der Waals surface area contributed by atoms with Crippen LogP contribution >= 0.6 is 11.3 Å². The van der Waals surface area contributed by atoms with Crippen molar-refractivity contribution in [1.29, 1.82) is 0 Å². The standard InChI is InChI=1S/C20H27N3O3S2/c24-20(21-11-14-23-12-3-1-2-4-13-23)17-7-9-19(10-8-17)28(25,26)22-16-18-6-5-15-27-18/h5-10,15,22H,1-4,11-14,16H2,(H,21,24). The first-order valence-corrected chi connectivity index (χ1v) is 12.0. The number of likely N-dealkylation sites (tertiary alicyclic amines) is 1. The van der Waals surface area contributed by atoms with Gasteiger partial charge in [-0.3, -0.25) is 4.79 Å². The maximum Gasteiger partial charge on any atom is 0.251 e. The fourth-order valence-corrected chi connectivity index (χ4v) is 4.98. The molecule has 152 valence electrons. The van der Waals surface area contributed by atoms with Crippen molar-refractivity contribution >= 4 is 27.3 Å². The molecule has 2 aromatic rings. The minimum Gasteiger partial charge on any atom is -0.351 e. The fourth-order valence-electron chi connectivity index (χ4n) is 3.24. The molecular formula is C20H27N3O3S2. The Kier molecular flexibility index (Phi) is 7.61. The number of nitrogens with one attached hydrogen (secondary N) is 2. The topological polar surface area (TPSA) is 78.5 Å². The summed E-state index contributed by atoms with van der Waals surface area (Å²) >= 11 is 1.50. The van der Waals surface area contributed by atoms with Crippen molar-refractivity contribution in [2.45, 2.75) is 37.1 Å². The number of hydrogen-bond donors (Lipinski definition) is 2. The quantitative estimate of drug-likeness (QED) is 0.687. The lowest BCUT2D eigenvalue weighted by atomic mass is 10.2. The summed E-state index contributed by atoms with van der Waals surface area (Å²) < 4.78 is 27.3. The van der Waals surface area contributed by atoms with E-state index >= 15 is 0 Å². The van der Waals surface area contributed by atoms with Gasteiger partial charge in [0.15, 0.2) is 0 Å². The lowest BCUT2D eigenvalue weighted by molar-refractivity contribution is 0.0948. The first kappa shape index (κ1) is 21.0. The van der Waals surface area contributed by atoms with Crippen molar-refractivity contribution in [3.05, 3.63) is 52.2 Å². The maximum absolute atomic E-state index is 12.4. The Bertz CT molecular complexity index is 841. The molecule has 0 aliphatic carbocycles. The average Bonchev–Trinajstić information content (AvgIpc) is 3.09. The number of thiophene rings is 1. The number of amides is 1. The van der Waals surface area contributed by atoms with E-state index in [9.17, 15) is 13.2 Å². The van der Waals surface area contributed by atoms with Crippen molar-refractivity contribution < 1.29 is 13.2 Å². The van der Waals surface area contributed by atoms with Gasteiger partial charge in [0.1, 0.15) is 0 Å². The van der Waals surface area contributed by atoms with Gasteiger partial charge in [0.05, 0.1) is 4.90 Å². The predicted molar refractivity (Wildman–Crippen MR) is 112 cm³/mol. The largest absolute Gasteiger partial charge is 0.351 e. The summed E-state index contributed by atoms with van der Waals surface area (Å²) in [6.07, 6.45) is 5.04. The molecule has 1 amide bonds. The molecule has 8 heteroatoms. The number of benzene rings is 1. The summed E-state index contributed by atoms with van der Waals surface area (Å²) in [5.74, 6) is -0.176. The molecule has 0 unspecified atom stereocenters. The van der Waals surface area contributed by atoms with Crippen LogP contribution in [0.15, 0.2) is 46.7 Å². The van der Waals surface area contributed by atoms with E-state index in [2.05, 4.69) is 14.9 Å². The molecule has 0 bridgehead atoms. The summed E-state index contributed by atoms with van der Waals surface area (Å²) in [6.45, 7) is 3.91. The Balaban J connectivity index is 1.49. The predicted octanol–water partition coefficient (Wildman–Crippen LogP) is 2.83. The summed E-state index contributed by atoms with van der Waals surface area (Å²) in [4.78, 5) is 15.8. The van der Waals surface area contributed by atoms with Gasteiger partial charge >= 0.3 is 0 Å². The highest BCUT2D eigenvalue weighted by Gasteiger charge is 2.15. The third kappa shape index (κ3) is 6.13. The van der Waals surface area contributed by atoms with E-state index in [1.54, 1.807) is 12.1 Å². The zero-order valence-electron chi connectivity index (χ0n) is 15.9.